The Kier molecular flexibility index (Phi) is 4.59. The molecule has 0 unspecified atom stereocenters. The van der Waals surface area contributed by atoms with Crippen LogP contribution < -0.4 is 10.1 Å². The number of rotatable bonds is 5. The minimum absolute atomic E-state index is 0.172. The number of benzene rings is 1. The van der Waals surface area contributed by atoms with Crippen molar-refractivity contribution in [2.75, 3.05) is 6.54 Å². The van der Waals surface area contributed by atoms with Crippen LogP contribution in [0.5, 0.6) is 5.75 Å². The molecular weight excluding hydrogens is 308 g/mol. The standard InChI is InChI=1S/C12H10F4N4O2/c13-10-5-8(22-12(14,15)16)1-2-9(10)11(21)17-4-3-7-6-18-20-19-7/h1-2,5-6H,3-4H2,(H,17,21)(H,18,19,20). The number of hydrogen-bond acceptors (Lipinski definition) is 4. The molecule has 118 valence electrons. The zero-order valence-corrected chi connectivity index (χ0v) is 10.9. The highest BCUT2D eigenvalue weighted by molar-refractivity contribution is 5.94. The van der Waals surface area contributed by atoms with Crippen LogP contribution in [0.1, 0.15) is 16.1 Å². The second-order valence-corrected chi connectivity index (χ2v) is 4.16. The van der Waals surface area contributed by atoms with Crippen LogP contribution in [-0.2, 0) is 6.42 Å². The third-order valence-corrected chi connectivity index (χ3v) is 2.55. The highest BCUT2D eigenvalue weighted by Crippen LogP contribution is 2.24. The first kappa shape index (κ1) is 15.7. The van der Waals surface area contributed by atoms with Crippen molar-refractivity contribution in [1.82, 2.24) is 20.7 Å². The molecule has 0 radical (unpaired) electrons. The lowest BCUT2D eigenvalue weighted by molar-refractivity contribution is -0.274. The topological polar surface area (TPSA) is 79.9 Å². The molecule has 0 saturated heterocycles. The number of carbonyl (C=O) groups excluding carboxylic acids is 1. The van der Waals surface area contributed by atoms with E-state index in [-0.39, 0.29) is 12.1 Å². The van der Waals surface area contributed by atoms with Crippen LogP contribution in [0.15, 0.2) is 24.4 Å². The Morgan fingerprint density at radius 2 is 2.14 bits per heavy atom. The average Bonchev–Trinajstić information content (AvgIpc) is 2.89. The van der Waals surface area contributed by atoms with Gasteiger partial charge in [-0.05, 0) is 12.1 Å². The Hall–Kier alpha value is -2.65. The number of H-pyrrole nitrogens is 1. The number of ether oxygens (including phenoxy) is 1. The smallest absolute Gasteiger partial charge is 0.406 e. The van der Waals surface area contributed by atoms with Gasteiger partial charge in [-0.1, -0.05) is 0 Å². The van der Waals surface area contributed by atoms with Crippen LogP contribution >= 0.6 is 0 Å². The summed E-state index contributed by atoms with van der Waals surface area (Å²) in [6, 6.07) is 2.28. The van der Waals surface area contributed by atoms with Gasteiger partial charge in [0, 0.05) is 19.0 Å². The largest absolute Gasteiger partial charge is 0.573 e. The summed E-state index contributed by atoms with van der Waals surface area (Å²) in [4.78, 5) is 11.7. The number of alkyl halides is 3. The van der Waals surface area contributed by atoms with E-state index in [2.05, 4.69) is 25.5 Å². The third-order valence-electron chi connectivity index (χ3n) is 2.55. The molecule has 2 N–H and O–H groups in total. The number of amides is 1. The van der Waals surface area contributed by atoms with Gasteiger partial charge in [0.2, 0.25) is 0 Å². The van der Waals surface area contributed by atoms with E-state index in [4.69, 9.17) is 0 Å². The first-order valence-corrected chi connectivity index (χ1v) is 6.03. The van der Waals surface area contributed by atoms with E-state index in [1.54, 1.807) is 0 Å². The molecule has 0 saturated carbocycles. The summed E-state index contributed by atoms with van der Waals surface area (Å²) in [5.41, 5.74) is 0.226. The van der Waals surface area contributed by atoms with Gasteiger partial charge >= 0.3 is 6.36 Å². The minimum atomic E-state index is -4.92. The van der Waals surface area contributed by atoms with Gasteiger partial charge < -0.3 is 10.1 Å². The summed E-state index contributed by atoms with van der Waals surface area (Å²) in [7, 11) is 0. The van der Waals surface area contributed by atoms with Gasteiger partial charge in [-0.2, -0.15) is 15.4 Å². The molecule has 0 atom stereocenters. The highest BCUT2D eigenvalue weighted by atomic mass is 19.4. The molecule has 1 aromatic carbocycles. The summed E-state index contributed by atoms with van der Waals surface area (Å²) in [5, 5.41) is 12.2. The van der Waals surface area contributed by atoms with Crippen LogP contribution in [-0.4, -0.2) is 34.2 Å². The number of aromatic nitrogens is 3. The Bertz CT molecular complexity index is 643. The maximum Gasteiger partial charge on any atom is 0.573 e. The van der Waals surface area contributed by atoms with E-state index in [1.165, 1.54) is 6.20 Å². The maximum absolute atomic E-state index is 13.6. The van der Waals surface area contributed by atoms with Crippen LogP contribution in [0.3, 0.4) is 0 Å². The normalized spacial score (nSPS) is 11.3. The monoisotopic (exact) mass is 318 g/mol. The van der Waals surface area contributed by atoms with Crippen molar-refractivity contribution in [2.45, 2.75) is 12.8 Å². The van der Waals surface area contributed by atoms with E-state index in [1.807, 2.05) is 0 Å². The summed E-state index contributed by atoms with van der Waals surface area (Å²) >= 11 is 0. The van der Waals surface area contributed by atoms with Crippen LogP contribution in [0.2, 0.25) is 0 Å². The molecule has 6 nitrogen and oxygen atoms in total. The second-order valence-electron chi connectivity index (χ2n) is 4.16. The number of hydrogen-bond donors (Lipinski definition) is 2. The zero-order chi connectivity index (χ0) is 16.2. The number of nitrogens with one attached hydrogen (secondary N) is 2. The average molecular weight is 318 g/mol. The van der Waals surface area contributed by atoms with Crippen molar-refractivity contribution < 1.29 is 27.1 Å². The quantitative estimate of drug-likeness (QED) is 0.824. The number of nitrogens with zero attached hydrogens (tertiary/aromatic N) is 2. The van der Waals surface area contributed by atoms with Crippen LogP contribution in [0.25, 0.3) is 0 Å². The molecule has 2 rings (SSSR count). The molecule has 2 aromatic rings. The van der Waals surface area contributed by atoms with E-state index >= 15 is 0 Å². The van der Waals surface area contributed by atoms with E-state index < -0.39 is 23.8 Å². The molecule has 0 aliphatic heterocycles. The van der Waals surface area contributed by atoms with Gasteiger partial charge in [0.05, 0.1) is 17.5 Å². The van der Waals surface area contributed by atoms with Crippen molar-refractivity contribution in [2.24, 2.45) is 0 Å². The summed E-state index contributed by atoms with van der Waals surface area (Å²) in [6.07, 6.45) is -3.08. The van der Waals surface area contributed by atoms with Gasteiger partial charge in [0.1, 0.15) is 11.6 Å². The first-order valence-electron chi connectivity index (χ1n) is 6.03. The summed E-state index contributed by atoms with van der Waals surface area (Å²) in [5.74, 6) is -2.59. The van der Waals surface area contributed by atoms with Crippen molar-refractivity contribution >= 4 is 5.91 Å². The van der Waals surface area contributed by atoms with Gasteiger partial charge in [-0.25, -0.2) is 4.39 Å². The number of carbonyl (C=O) groups is 1. The molecule has 0 aliphatic carbocycles. The molecule has 0 aliphatic rings. The summed E-state index contributed by atoms with van der Waals surface area (Å²) in [6.45, 7) is 0.172. The summed E-state index contributed by atoms with van der Waals surface area (Å²) < 4.78 is 53.2. The molecule has 10 heteroatoms. The highest BCUT2D eigenvalue weighted by Gasteiger charge is 2.31. The molecule has 22 heavy (non-hydrogen) atoms. The molecule has 0 bridgehead atoms. The van der Waals surface area contributed by atoms with E-state index in [9.17, 15) is 22.4 Å². The van der Waals surface area contributed by atoms with Crippen molar-refractivity contribution in [3.8, 4) is 5.75 Å². The Balaban J connectivity index is 1.95. The Morgan fingerprint density at radius 3 is 2.73 bits per heavy atom. The number of halogens is 4. The fraction of sp³-hybridized carbons (Fsp3) is 0.250. The lowest BCUT2D eigenvalue weighted by Gasteiger charge is -2.10. The predicted molar refractivity (Wildman–Crippen MR) is 65.5 cm³/mol. The van der Waals surface area contributed by atoms with E-state index in [0.29, 0.717) is 18.2 Å². The van der Waals surface area contributed by atoms with E-state index in [0.717, 1.165) is 12.1 Å². The fourth-order valence-electron chi connectivity index (χ4n) is 1.62. The van der Waals surface area contributed by atoms with Crippen LogP contribution in [0.4, 0.5) is 17.6 Å². The second kappa shape index (κ2) is 6.41. The first-order chi connectivity index (χ1) is 10.3. The Morgan fingerprint density at radius 1 is 1.36 bits per heavy atom. The van der Waals surface area contributed by atoms with Gasteiger partial charge in [0.25, 0.3) is 5.91 Å². The molecular formula is C12H10F4N4O2. The molecule has 1 heterocycles. The van der Waals surface area contributed by atoms with Gasteiger partial charge in [-0.3, -0.25) is 4.79 Å². The lowest BCUT2D eigenvalue weighted by atomic mass is 10.2. The maximum atomic E-state index is 13.6. The molecule has 0 spiro atoms. The van der Waals surface area contributed by atoms with Crippen molar-refractivity contribution in [1.29, 1.82) is 0 Å². The van der Waals surface area contributed by atoms with Gasteiger partial charge in [0.15, 0.2) is 0 Å². The SMILES string of the molecule is O=C(NCCc1cn[nH]n1)c1ccc(OC(F)(F)F)cc1F. The minimum Gasteiger partial charge on any atom is -0.406 e. The third kappa shape index (κ3) is 4.43. The van der Waals surface area contributed by atoms with Gasteiger partial charge in [-0.15, -0.1) is 13.2 Å². The molecule has 1 amide bonds. The molecule has 1 aromatic heterocycles. The molecule has 0 fully saturated rings. The Labute approximate surface area is 121 Å². The lowest BCUT2D eigenvalue weighted by Crippen LogP contribution is -2.26. The van der Waals surface area contributed by atoms with Crippen molar-refractivity contribution in [3.63, 3.8) is 0 Å². The van der Waals surface area contributed by atoms with Crippen LogP contribution in [0, 0.1) is 5.82 Å². The fourth-order valence-corrected chi connectivity index (χ4v) is 1.62. The number of aromatic amines is 1. The zero-order valence-electron chi connectivity index (χ0n) is 10.9. The predicted octanol–water partition coefficient (Wildman–Crippen LogP) is 1.81. The van der Waals surface area contributed by atoms with Crippen molar-refractivity contribution in [3.05, 3.63) is 41.5 Å².